The molecule has 0 bridgehead atoms. The van der Waals surface area contributed by atoms with Gasteiger partial charge in [-0.3, -0.25) is 0 Å². The second-order valence-corrected chi connectivity index (χ2v) is 6.75. The zero-order chi connectivity index (χ0) is 26.4. The number of carbonyl (C=O) groups is 2. The predicted octanol–water partition coefficient (Wildman–Crippen LogP) is 3.05. The minimum absolute atomic E-state index is 0.0757. The van der Waals surface area contributed by atoms with Crippen LogP contribution in [0, 0.1) is 0 Å². The van der Waals surface area contributed by atoms with E-state index in [4.69, 9.17) is 16.3 Å². The highest BCUT2D eigenvalue weighted by Crippen LogP contribution is 2.32. The lowest BCUT2D eigenvalue weighted by atomic mass is 10.2. The minimum Gasteiger partial charge on any atom is -0.465 e. The lowest BCUT2D eigenvalue weighted by Gasteiger charge is -2.27. The SMILES string of the molecule is COC(=O)c1cnc(Cl)nc1C(F)(F)F.COC(=O)c1cnc(N2CCOCC2)nc1C(F)(F)F. The summed E-state index contributed by atoms with van der Waals surface area (Å²) in [4.78, 5) is 37.3. The van der Waals surface area contributed by atoms with E-state index in [2.05, 4.69) is 29.4 Å². The monoisotopic (exact) mass is 531 g/mol. The molecule has 0 aliphatic carbocycles. The fourth-order valence-corrected chi connectivity index (χ4v) is 2.73. The summed E-state index contributed by atoms with van der Waals surface area (Å²) in [6.07, 6.45) is -8.03. The van der Waals surface area contributed by atoms with Crippen LogP contribution in [0.25, 0.3) is 0 Å². The number of hydrogen-bond acceptors (Lipinski definition) is 10. The average molecular weight is 532 g/mol. The van der Waals surface area contributed by atoms with Crippen molar-refractivity contribution in [3.8, 4) is 0 Å². The topological polar surface area (TPSA) is 117 Å². The lowest BCUT2D eigenvalue weighted by molar-refractivity contribution is -0.142. The standard InChI is InChI=1S/C11H12F3N3O3.C7H4ClF3N2O2/c1-19-9(18)7-6-15-10(16-8(7)11(12,13)14)17-2-4-20-5-3-17;1-15-5(14)3-2-12-6(8)13-4(3)7(9,10)11/h6H,2-5H2,1H3;2H,1H3. The number of anilines is 1. The number of rotatable bonds is 3. The zero-order valence-corrected chi connectivity index (χ0v) is 18.7. The van der Waals surface area contributed by atoms with Gasteiger partial charge in [-0.2, -0.15) is 26.3 Å². The Morgan fingerprint density at radius 1 is 0.886 bits per heavy atom. The molecule has 0 spiro atoms. The van der Waals surface area contributed by atoms with Crippen molar-refractivity contribution in [2.45, 2.75) is 12.4 Å². The van der Waals surface area contributed by atoms with Crippen LogP contribution in [0.4, 0.5) is 32.3 Å². The summed E-state index contributed by atoms with van der Waals surface area (Å²) in [5.74, 6) is -2.36. The number of aromatic nitrogens is 4. The van der Waals surface area contributed by atoms with Crippen LogP contribution in [0.1, 0.15) is 32.1 Å². The zero-order valence-electron chi connectivity index (χ0n) is 17.9. The molecule has 192 valence electrons. The van der Waals surface area contributed by atoms with Crippen molar-refractivity contribution < 1.29 is 50.1 Å². The molecule has 0 aromatic carbocycles. The summed E-state index contributed by atoms with van der Waals surface area (Å²) in [6, 6.07) is 0. The number of methoxy groups -OCH3 is 2. The van der Waals surface area contributed by atoms with Gasteiger partial charge in [0, 0.05) is 25.5 Å². The number of hydrogen-bond donors (Lipinski definition) is 0. The summed E-state index contributed by atoms with van der Waals surface area (Å²) >= 11 is 5.20. The first-order valence-electron chi connectivity index (χ1n) is 9.32. The number of morpholine rings is 1. The molecule has 0 atom stereocenters. The Hall–Kier alpha value is -3.27. The second kappa shape index (κ2) is 11.4. The van der Waals surface area contributed by atoms with E-state index in [1.54, 1.807) is 4.90 Å². The number of halogens is 7. The van der Waals surface area contributed by atoms with E-state index in [9.17, 15) is 35.9 Å². The van der Waals surface area contributed by atoms with Crippen LogP contribution in [-0.2, 0) is 26.6 Å². The van der Waals surface area contributed by atoms with Crippen molar-refractivity contribution in [2.75, 3.05) is 45.4 Å². The van der Waals surface area contributed by atoms with Gasteiger partial charge in [0.2, 0.25) is 11.2 Å². The van der Waals surface area contributed by atoms with E-state index >= 15 is 0 Å². The molecule has 1 saturated heterocycles. The number of carbonyl (C=O) groups excluding carboxylic acids is 2. The van der Waals surface area contributed by atoms with Gasteiger partial charge in [-0.15, -0.1) is 0 Å². The Bertz CT molecular complexity index is 1060. The van der Waals surface area contributed by atoms with Crippen LogP contribution < -0.4 is 4.90 Å². The third-order valence-corrected chi connectivity index (χ3v) is 4.36. The van der Waals surface area contributed by atoms with E-state index in [0.717, 1.165) is 20.4 Å². The van der Waals surface area contributed by atoms with Gasteiger partial charge in [0.15, 0.2) is 11.4 Å². The molecule has 0 radical (unpaired) electrons. The first kappa shape index (κ1) is 28.0. The van der Waals surface area contributed by atoms with E-state index < -0.39 is 52.1 Å². The quantitative estimate of drug-likeness (QED) is 0.332. The van der Waals surface area contributed by atoms with Crippen LogP contribution in [0.15, 0.2) is 12.4 Å². The van der Waals surface area contributed by atoms with E-state index in [1.165, 1.54) is 0 Å². The molecule has 2 aromatic heterocycles. The van der Waals surface area contributed by atoms with Crippen molar-refractivity contribution in [3.05, 3.63) is 40.2 Å². The molecule has 0 amide bonds. The summed E-state index contributed by atoms with van der Waals surface area (Å²) in [6.45, 7) is 1.58. The molecular formula is C18H16ClF6N5O5. The number of esters is 2. The van der Waals surface area contributed by atoms with Gasteiger partial charge in [0.1, 0.15) is 11.1 Å². The highest BCUT2D eigenvalue weighted by Gasteiger charge is 2.39. The molecule has 1 fully saturated rings. The minimum atomic E-state index is -4.78. The van der Waals surface area contributed by atoms with Gasteiger partial charge in [-0.25, -0.2) is 29.5 Å². The van der Waals surface area contributed by atoms with Gasteiger partial charge in [0.25, 0.3) is 0 Å². The maximum absolute atomic E-state index is 13.0. The Morgan fingerprint density at radius 3 is 1.80 bits per heavy atom. The van der Waals surface area contributed by atoms with Crippen molar-refractivity contribution in [3.63, 3.8) is 0 Å². The molecule has 10 nitrogen and oxygen atoms in total. The van der Waals surface area contributed by atoms with Crippen LogP contribution in [0.2, 0.25) is 5.28 Å². The van der Waals surface area contributed by atoms with Crippen molar-refractivity contribution >= 4 is 29.5 Å². The predicted molar refractivity (Wildman–Crippen MR) is 105 cm³/mol. The second-order valence-electron chi connectivity index (χ2n) is 6.41. The molecular weight excluding hydrogens is 516 g/mol. The number of alkyl halides is 6. The molecule has 0 N–H and O–H groups in total. The maximum atomic E-state index is 13.0. The Balaban J connectivity index is 0.000000258. The van der Waals surface area contributed by atoms with Gasteiger partial charge in [-0.1, -0.05) is 0 Å². The van der Waals surface area contributed by atoms with Crippen molar-refractivity contribution in [1.82, 2.24) is 19.9 Å². The molecule has 1 aliphatic rings. The van der Waals surface area contributed by atoms with Gasteiger partial charge in [0.05, 0.1) is 27.4 Å². The molecule has 3 rings (SSSR count). The van der Waals surface area contributed by atoms with Crippen molar-refractivity contribution in [2.24, 2.45) is 0 Å². The Labute approximate surface area is 198 Å². The summed E-state index contributed by atoms with van der Waals surface area (Å²) in [5.41, 5.74) is -4.17. The molecule has 0 saturated carbocycles. The molecule has 1 aliphatic heterocycles. The highest BCUT2D eigenvalue weighted by molar-refractivity contribution is 6.28. The largest absolute Gasteiger partial charge is 0.465 e. The normalized spacial score (nSPS) is 14.0. The molecule has 35 heavy (non-hydrogen) atoms. The van der Waals surface area contributed by atoms with Crippen molar-refractivity contribution in [1.29, 1.82) is 0 Å². The fraction of sp³-hybridized carbons (Fsp3) is 0.444. The van der Waals surface area contributed by atoms with Crippen LogP contribution >= 0.6 is 11.6 Å². The summed E-state index contributed by atoms with van der Waals surface area (Å²) in [7, 11) is 1.95. The van der Waals surface area contributed by atoms with E-state index in [-0.39, 0.29) is 5.95 Å². The van der Waals surface area contributed by atoms with E-state index in [1.807, 2.05) is 0 Å². The number of ether oxygens (including phenoxy) is 3. The number of nitrogens with zero attached hydrogens (tertiary/aromatic N) is 5. The van der Waals surface area contributed by atoms with Crippen LogP contribution in [0.5, 0.6) is 0 Å². The Kier molecular flexibility index (Phi) is 9.14. The molecule has 2 aromatic rings. The van der Waals surface area contributed by atoms with E-state index in [0.29, 0.717) is 32.5 Å². The fourth-order valence-electron chi connectivity index (χ4n) is 2.60. The smallest absolute Gasteiger partial charge is 0.434 e. The Morgan fingerprint density at radius 2 is 1.34 bits per heavy atom. The summed E-state index contributed by atoms with van der Waals surface area (Å²) < 4.78 is 89.5. The lowest BCUT2D eigenvalue weighted by Crippen LogP contribution is -2.38. The highest BCUT2D eigenvalue weighted by atomic mass is 35.5. The molecule has 17 heteroatoms. The average Bonchev–Trinajstić information content (AvgIpc) is 2.82. The molecule has 3 heterocycles. The first-order valence-corrected chi connectivity index (χ1v) is 9.70. The van der Waals surface area contributed by atoms with Crippen LogP contribution in [-0.4, -0.2) is 72.4 Å². The third kappa shape index (κ3) is 7.35. The summed E-state index contributed by atoms with van der Waals surface area (Å²) in [5, 5.41) is -0.588. The van der Waals surface area contributed by atoms with Crippen LogP contribution in [0.3, 0.4) is 0 Å². The first-order chi connectivity index (χ1) is 16.3. The maximum Gasteiger partial charge on any atom is 0.434 e. The van der Waals surface area contributed by atoms with Gasteiger partial charge < -0.3 is 19.1 Å². The molecule has 0 unspecified atom stereocenters. The van der Waals surface area contributed by atoms with Gasteiger partial charge >= 0.3 is 24.3 Å². The van der Waals surface area contributed by atoms with Gasteiger partial charge in [-0.05, 0) is 11.6 Å². The third-order valence-electron chi connectivity index (χ3n) is 4.18.